The highest BCUT2D eigenvalue weighted by atomic mass is 16.5. The first-order chi connectivity index (χ1) is 4.75. The van der Waals surface area contributed by atoms with Gasteiger partial charge >= 0.3 is 0 Å². The van der Waals surface area contributed by atoms with Crippen LogP contribution in [0.15, 0.2) is 0 Å². The van der Waals surface area contributed by atoms with Gasteiger partial charge in [-0.05, 0) is 6.92 Å². The molecule has 0 amide bonds. The van der Waals surface area contributed by atoms with Crippen LogP contribution < -0.4 is 5.73 Å². The molecule has 0 saturated heterocycles. The number of nitrogens with zero attached hydrogens (tertiary/aromatic N) is 1. The molecule has 0 aliphatic rings. The van der Waals surface area contributed by atoms with Gasteiger partial charge < -0.3 is 10.5 Å². The number of aromatic amines is 1. The second-order valence-corrected chi connectivity index (χ2v) is 2.14. The number of nitrogens with two attached hydrogens (primary N) is 1. The lowest BCUT2D eigenvalue weighted by Crippen LogP contribution is -1.94. The van der Waals surface area contributed by atoms with E-state index in [4.69, 9.17) is 10.5 Å². The third-order valence-electron chi connectivity index (χ3n) is 1.35. The van der Waals surface area contributed by atoms with Crippen LogP contribution in [0.1, 0.15) is 11.4 Å². The van der Waals surface area contributed by atoms with E-state index in [0.717, 1.165) is 11.4 Å². The third kappa shape index (κ3) is 1.11. The molecule has 0 saturated carbocycles. The smallest absolute Gasteiger partial charge is 0.111 e. The number of aryl methyl sites for hydroxylation is 1. The number of H-pyrrole nitrogens is 1. The lowest BCUT2D eigenvalue weighted by atomic mass is 10.3. The van der Waals surface area contributed by atoms with Crippen molar-refractivity contribution >= 4 is 5.69 Å². The molecule has 0 bridgehead atoms. The fourth-order valence-corrected chi connectivity index (χ4v) is 0.735. The summed E-state index contributed by atoms with van der Waals surface area (Å²) >= 11 is 0. The van der Waals surface area contributed by atoms with Gasteiger partial charge in [-0.3, -0.25) is 5.10 Å². The molecule has 0 aliphatic carbocycles. The van der Waals surface area contributed by atoms with Crippen LogP contribution in [0.5, 0.6) is 0 Å². The van der Waals surface area contributed by atoms with E-state index in [1.54, 1.807) is 7.11 Å². The molecule has 4 nitrogen and oxygen atoms in total. The van der Waals surface area contributed by atoms with Crippen molar-refractivity contribution in [2.45, 2.75) is 13.5 Å². The van der Waals surface area contributed by atoms with Gasteiger partial charge in [0.25, 0.3) is 0 Å². The Kier molecular flexibility index (Phi) is 1.91. The summed E-state index contributed by atoms with van der Waals surface area (Å²) in [4.78, 5) is 0. The average Bonchev–Trinajstić information content (AvgIpc) is 2.20. The van der Waals surface area contributed by atoms with E-state index in [1.807, 2.05) is 6.92 Å². The monoisotopic (exact) mass is 141 g/mol. The number of anilines is 1. The van der Waals surface area contributed by atoms with Crippen LogP contribution in [-0.2, 0) is 11.3 Å². The van der Waals surface area contributed by atoms with Crippen LogP contribution >= 0.6 is 0 Å². The quantitative estimate of drug-likeness (QED) is 0.628. The standard InChI is InChI=1S/C6H11N3O/c1-4-6(7)5(3-10-2)9-8-4/h3,7H2,1-2H3,(H,8,9). The van der Waals surface area contributed by atoms with Crippen molar-refractivity contribution in [3.63, 3.8) is 0 Å². The van der Waals surface area contributed by atoms with Gasteiger partial charge in [0.1, 0.15) is 5.69 Å². The Hall–Kier alpha value is -1.03. The topological polar surface area (TPSA) is 63.9 Å². The van der Waals surface area contributed by atoms with Crippen molar-refractivity contribution in [2.24, 2.45) is 0 Å². The first-order valence-corrected chi connectivity index (χ1v) is 3.04. The summed E-state index contributed by atoms with van der Waals surface area (Å²) in [5.74, 6) is 0. The number of nitrogens with one attached hydrogen (secondary N) is 1. The predicted octanol–water partition coefficient (Wildman–Crippen LogP) is 0.447. The maximum absolute atomic E-state index is 5.61. The van der Waals surface area contributed by atoms with Crippen molar-refractivity contribution in [1.82, 2.24) is 10.2 Å². The SMILES string of the molecule is COCc1n[nH]c(C)c1N. The van der Waals surface area contributed by atoms with E-state index in [-0.39, 0.29) is 0 Å². The van der Waals surface area contributed by atoms with Crippen molar-refractivity contribution in [3.8, 4) is 0 Å². The van der Waals surface area contributed by atoms with Gasteiger partial charge in [0, 0.05) is 7.11 Å². The summed E-state index contributed by atoms with van der Waals surface area (Å²) in [6.45, 7) is 2.34. The maximum Gasteiger partial charge on any atom is 0.111 e. The summed E-state index contributed by atoms with van der Waals surface area (Å²) < 4.78 is 4.86. The molecule has 0 unspecified atom stereocenters. The molecule has 0 fully saturated rings. The van der Waals surface area contributed by atoms with Gasteiger partial charge in [0.2, 0.25) is 0 Å². The van der Waals surface area contributed by atoms with E-state index in [1.165, 1.54) is 0 Å². The predicted molar refractivity (Wildman–Crippen MR) is 38.5 cm³/mol. The molecule has 56 valence electrons. The number of rotatable bonds is 2. The van der Waals surface area contributed by atoms with Gasteiger partial charge in [0.05, 0.1) is 18.0 Å². The molecule has 0 spiro atoms. The Morgan fingerprint density at radius 3 is 2.80 bits per heavy atom. The van der Waals surface area contributed by atoms with Crippen LogP contribution in [0.3, 0.4) is 0 Å². The second-order valence-electron chi connectivity index (χ2n) is 2.14. The van der Waals surface area contributed by atoms with E-state index >= 15 is 0 Å². The van der Waals surface area contributed by atoms with Crippen LogP contribution in [0.4, 0.5) is 5.69 Å². The summed E-state index contributed by atoms with van der Waals surface area (Å²) in [6.07, 6.45) is 0. The highest BCUT2D eigenvalue weighted by Crippen LogP contribution is 2.12. The molecule has 10 heavy (non-hydrogen) atoms. The maximum atomic E-state index is 5.61. The average molecular weight is 141 g/mol. The molecule has 1 heterocycles. The Bertz CT molecular complexity index is 219. The summed E-state index contributed by atoms with van der Waals surface area (Å²) in [5, 5.41) is 6.70. The van der Waals surface area contributed by atoms with Gasteiger partial charge in [-0.2, -0.15) is 5.10 Å². The van der Waals surface area contributed by atoms with Crippen LogP contribution in [0, 0.1) is 6.92 Å². The number of hydrogen-bond donors (Lipinski definition) is 2. The molecule has 1 aromatic rings. The molecule has 1 aromatic heterocycles. The highest BCUT2D eigenvalue weighted by molar-refractivity contribution is 5.46. The Labute approximate surface area is 59.4 Å². The van der Waals surface area contributed by atoms with Crippen molar-refractivity contribution in [3.05, 3.63) is 11.4 Å². The van der Waals surface area contributed by atoms with Gasteiger partial charge in [-0.1, -0.05) is 0 Å². The van der Waals surface area contributed by atoms with Crippen LogP contribution in [0.2, 0.25) is 0 Å². The molecule has 0 radical (unpaired) electrons. The lowest BCUT2D eigenvalue weighted by Gasteiger charge is -1.93. The molecule has 3 N–H and O–H groups in total. The van der Waals surface area contributed by atoms with E-state index in [9.17, 15) is 0 Å². The summed E-state index contributed by atoms with van der Waals surface area (Å²) in [6, 6.07) is 0. The fraction of sp³-hybridized carbons (Fsp3) is 0.500. The lowest BCUT2D eigenvalue weighted by molar-refractivity contribution is 0.182. The van der Waals surface area contributed by atoms with Crippen LogP contribution in [0.25, 0.3) is 0 Å². The minimum absolute atomic E-state index is 0.468. The highest BCUT2D eigenvalue weighted by Gasteiger charge is 2.03. The zero-order valence-electron chi connectivity index (χ0n) is 6.14. The Morgan fingerprint density at radius 1 is 1.70 bits per heavy atom. The first-order valence-electron chi connectivity index (χ1n) is 3.04. The normalized spacial score (nSPS) is 10.2. The number of methoxy groups -OCH3 is 1. The molecular formula is C6H11N3O. The number of aromatic nitrogens is 2. The largest absolute Gasteiger partial charge is 0.396 e. The van der Waals surface area contributed by atoms with Crippen molar-refractivity contribution in [2.75, 3.05) is 12.8 Å². The van der Waals surface area contributed by atoms with Crippen LogP contribution in [-0.4, -0.2) is 17.3 Å². The van der Waals surface area contributed by atoms with Gasteiger partial charge in [0.15, 0.2) is 0 Å². The first kappa shape index (κ1) is 7.08. The minimum Gasteiger partial charge on any atom is -0.396 e. The minimum atomic E-state index is 0.468. The third-order valence-corrected chi connectivity index (χ3v) is 1.35. The number of nitrogen functional groups attached to an aromatic ring is 1. The number of hydrogen-bond acceptors (Lipinski definition) is 3. The van der Waals surface area contributed by atoms with E-state index in [0.29, 0.717) is 12.3 Å². The fourth-order valence-electron chi connectivity index (χ4n) is 0.735. The molecular weight excluding hydrogens is 130 g/mol. The van der Waals surface area contributed by atoms with Gasteiger partial charge in [-0.25, -0.2) is 0 Å². The van der Waals surface area contributed by atoms with Crippen molar-refractivity contribution in [1.29, 1.82) is 0 Å². The zero-order valence-corrected chi connectivity index (χ0v) is 6.14. The zero-order chi connectivity index (χ0) is 7.56. The van der Waals surface area contributed by atoms with Crippen molar-refractivity contribution < 1.29 is 4.74 Å². The molecule has 0 atom stereocenters. The van der Waals surface area contributed by atoms with E-state index < -0.39 is 0 Å². The Morgan fingerprint density at radius 2 is 2.40 bits per heavy atom. The molecule has 1 rings (SSSR count). The Balaban J connectivity index is 2.83. The summed E-state index contributed by atoms with van der Waals surface area (Å²) in [5.41, 5.74) is 7.98. The van der Waals surface area contributed by atoms with Gasteiger partial charge in [-0.15, -0.1) is 0 Å². The summed E-state index contributed by atoms with van der Waals surface area (Å²) in [7, 11) is 1.61. The molecule has 4 heteroatoms. The van der Waals surface area contributed by atoms with E-state index in [2.05, 4.69) is 10.2 Å². The second kappa shape index (κ2) is 2.70. The number of ether oxygens (including phenoxy) is 1. The molecule has 0 aliphatic heterocycles. The molecule has 0 aromatic carbocycles.